The summed E-state index contributed by atoms with van der Waals surface area (Å²) in [6, 6.07) is 3.91. The monoisotopic (exact) mass is 393 g/mol. The first-order chi connectivity index (χ1) is 12.6. The lowest BCUT2D eigenvalue weighted by atomic mass is 9.84. The number of nitrogens with zero attached hydrogens (tertiary/aromatic N) is 3. The Morgan fingerprint density at radius 2 is 2.15 bits per heavy atom. The molecule has 140 valence electrons. The molecule has 2 heterocycles. The van der Waals surface area contributed by atoms with Crippen LogP contribution in [0, 0.1) is 12.8 Å². The number of morpholine rings is 1. The Morgan fingerprint density at radius 3 is 2.85 bits per heavy atom. The predicted octanol–water partition coefficient (Wildman–Crippen LogP) is 3.72. The minimum atomic E-state index is 0.163. The number of fused-ring (bicyclic) bond motifs is 1. The van der Waals surface area contributed by atoms with E-state index in [0.717, 1.165) is 78.0 Å². The average molecular weight is 394 g/mol. The van der Waals surface area contributed by atoms with Crippen LogP contribution in [-0.4, -0.2) is 55.2 Å². The number of hydrogen-bond donors (Lipinski definition) is 0. The van der Waals surface area contributed by atoms with Crippen LogP contribution in [-0.2, 0) is 9.53 Å². The van der Waals surface area contributed by atoms with Gasteiger partial charge < -0.3 is 4.74 Å². The molecule has 26 heavy (non-hydrogen) atoms. The maximum Gasteiger partial charge on any atom is 0.231 e. The van der Waals surface area contributed by atoms with Crippen molar-refractivity contribution in [2.45, 2.75) is 26.2 Å². The van der Waals surface area contributed by atoms with E-state index in [0.29, 0.717) is 6.54 Å². The van der Waals surface area contributed by atoms with Crippen molar-refractivity contribution in [1.82, 2.24) is 9.88 Å². The van der Waals surface area contributed by atoms with E-state index >= 15 is 0 Å². The van der Waals surface area contributed by atoms with E-state index < -0.39 is 0 Å². The van der Waals surface area contributed by atoms with Gasteiger partial charge in [0, 0.05) is 37.1 Å². The highest BCUT2D eigenvalue weighted by atomic mass is 35.5. The Balaban J connectivity index is 1.59. The summed E-state index contributed by atoms with van der Waals surface area (Å²) in [4.78, 5) is 22.1. The quantitative estimate of drug-likeness (QED) is 0.776. The molecule has 1 saturated heterocycles. The lowest BCUT2D eigenvalue weighted by molar-refractivity contribution is -0.124. The lowest BCUT2D eigenvalue weighted by Gasteiger charge is -2.33. The van der Waals surface area contributed by atoms with Crippen molar-refractivity contribution >= 4 is 44.2 Å². The molecule has 5 nitrogen and oxygen atoms in total. The third-order valence-corrected chi connectivity index (χ3v) is 6.88. The number of carbonyl (C=O) groups is 1. The van der Waals surface area contributed by atoms with Crippen LogP contribution >= 0.6 is 22.9 Å². The fourth-order valence-corrected chi connectivity index (χ4v) is 4.66. The van der Waals surface area contributed by atoms with Gasteiger partial charge in [0.25, 0.3) is 0 Å². The molecule has 4 rings (SSSR count). The summed E-state index contributed by atoms with van der Waals surface area (Å²) in [6.07, 6.45) is 3.16. The van der Waals surface area contributed by atoms with Gasteiger partial charge in [0.15, 0.2) is 5.13 Å². The lowest BCUT2D eigenvalue weighted by Crippen LogP contribution is -2.45. The molecule has 0 atom stereocenters. The molecule has 2 aliphatic rings. The smallest absolute Gasteiger partial charge is 0.231 e. The molecule has 1 aromatic carbocycles. The van der Waals surface area contributed by atoms with Gasteiger partial charge in [-0.15, -0.1) is 0 Å². The molecule has 0 N–H and O–H groups in total. The Kier molecular flexibility index (Phi) is 5.45. The zero-order valence-corrected chi connectivity index (χ0v) is 16.6. The van der Waals surface area contributed by atoms with Crippen LogP contribution in [0.4, 0.5) is 5.13 Å². The van der Waals surface area contributed by atoms with Crippen molar-refractivity contribution < 1.29 is 9.53 Å². The van der Waals surface area contributed by atoms with Gasteiger partial charge in [0.05, 0.1) is 23.4 Å². The molecular weight excluding hydrogens is 370 g/mol. The molecular formula is C19H24ClN3O2S. The van der Waals surface area contributed by atoms with Gasteiger partial charge in [-0.1, -0.05) is 29.4 Å². The molecule has 2 aromatic rings. The van der Waals surface area contributed by atoms with Gasteiger partial charge in [-0.2, -0.15) is 0 Å². The highest BCUT2D eigenvalue weighted by molar-refractivity contribution is 7.22. The maximum atomic E-state index is 13.1. The number of halogens is 1. The topological polar surface area (TPSA) is 45.7 Å². The van der Waals surface area contributed by atoms with Crippen molar-refractivity contribution in [3.05, 3.63) is 22.7 Å². The normalized spacial score (nSPS) is 18.8. The van der Waals surface area contributed by atoms with E-state index in [1.165, 1.54) is 0 Å². The highest BCUT2D eigenvalue weighted by Crippen LogP contribution is 2.36. The first-order valence-electron chi connectivity index (χ1n) is 9.30. The zero-order valence-electron chi connectivity index (χ0n) is 15.0. The minimum absolute atomic E-state index is 0.163. The minimum Gasteiger partial charge on any atom is -0.379 e. The van der Waals surface area contributed by atoms with Gasteiger partial charge in [-0.05, 0) is 37.5 Å². The number of anilines is 1. The molecule has 1 saturated carbocycles. The Morgan fingerprint density at radius 1 is 1.38 bits per heavy atom. The average Bonchev–Trinajstić information content (AvgIpc) is 3.02. The number of thiazole rings is 1. The third-order valence-electron chi connectivity index (χ3n) is 5.43. The van der Waals surface area contributed by atoms with E-state index in [-0.39, 0.29) is 11.8 Å². The first-order valence-corrected chi connectivity index (χ1v) is 10.5. The number of amides is 1. The second kappa shape index (κ2) is 7.80. The summed E-state index contributed by atoms with van der Waals surface area (Å²) in [5.41, 5.74) is 1.89. The molecule has 0 spiro atoms. The van der Waals surface area contributed by atoms with Crippen LogP contribution in [0.1, 0.15) is 24.8 Å². The van der Waals surface area contributed by atoms with E-state index in [2.05, 4.69) is 4.90 Å². The van der Waals surface area contributed by atoms with Gasteiger partial charge in [-0.25, -0.2) is 4.98 Å². The van der Waals surface area contributed by atoms with Crippen molar-refractivity contribution in [3.8, 4) is 0 Å². The molecule has 2 fully saturated rings. The number of rotatable bonds is 5. The van der Waals surface area contributed by atoms with Crippen molar-refractivity contribution in [2.24, 2.45) is 5.92 Å². The molecule has 0 radical (unpaired) electrons. The molecule has 1 aliphatic carbocycles. The molecule has 1 aliphatic heterocycles. The van der Waals surface area contributed by atoms with Crippen molar-refractivity contribution in [2.75, 3.05) is 44.3 Å². The Labute approximate surface area is 162 Å². The fourth-order valence-electron chi connectivity index (χ4n) is 3.45. The van der Waals surface area contributed by atoms with Crippen LogP contribution in [0.5, 0.6) is 0 Å². The molecule has 0 bridgehead atoms. The number of benzene rings is 1. The number of aromatic nitrogens is 1. The van der Waals surface area contributed by atoms with Gasteiger partial charge in [0.1, 0.15) is 0 Å². The number of carbonyl (C=O) groups excluding carboxylic acids is 1. The van der Waals surface area contributed by atoms with Crippen LogP contribution in [0.3, 0.4) is 0 Å². The molecule has 1 aromatic heterocycles. The fraction of sp³-hybridized carbons (Fsp3) is 0.579. The highest BCUT2D eigenvalue weighted by Gasteiger charge is 2.32. The number of aryl methyl sites for hydroxylation is 1. The zero-order chi connectivity index (χ0) is 18.1. The summed E-state index contributed by atoms with van der Waals surface area (Å²) in [6.45, 7) is 6.93. The van der Waals surface area contributed by atoms with E-state index in [1.807, 2.05) is 24.0 Å². The second-order valence-electron chi connectivity index (χ2n) is 7.09. The summed E-state index contributed by atoms with van der Waals surface area (Å²) in [5, 5.41) is 1.52. The van der Waals surface area contributed by atoms with Crippen molar-refractivity contribution in [1.29, 1.82) is 0 Å². The van der Waals surface area contributed by atoms with E-state index in [1.54, 1.807) is 11.3 Å². The second-order valence-corrected chi connectivity index (χ2v) is 8.50. The largest absolute Gasteiger partial charge is 0.379 e. The van der Waals surface area contributed by atoms with E-state index in [4.69, 9.17) is 21.3 Å². The SMILES string of the molecule is Cc1c(Cl)ccc2sc(N(CCN3CCOCC3)C(=O)C3CCC3)nc12. The first kappa shape index (κ1) is 18.2. The number of ether oxygens (including phenoxy) is 1. The molecule has 7 heteroatoms. The summed E-state index contributed by atoms with van der Waals surface area (Å²) in [5.74, 6) is 0.392. The molecule has 1 amide bonds. The van der Waals surface area contributed by atoms with Gasteiger partial charge in [-0.3, -0.25) is 14.6 Å². The Bertz CT molecular complexity index is 799. The van der Waals surface area contributed by atoms with Crippen molar-refractivity contribution in [3.63, 3.8) is 0 Å². The van der Waals surface area contributed by atoms with Gasteiger partial charge >= 0.3 is 0 Å². The van der Waals surface area contributed by atoms with E-state index in [9.17, 15) is 4.79 Å². The summed E-state index contributed by atoms with van der Waals surface area (Å²) in [7, 11) is 0. The van der Waals surface area contributed by atoms with Gasteiger partial charge in [0.2, 0.25) is 5.91 Å². The standard InChI is InChI=1S/C19H24ClN3O2S/c1-13-15(20)5-6-16-17(13)21-19(26-16)23(18(24)14-3-2-4-14)8-7-22-9-11-25-12-10-22/h5-6,14H,2-4,7-12H2,1H3. The summed E-state index contributed by atoms with van der Waals surface area (Å²) < 4.78 is 6.51. The predicted molar refractivity (Wildman–Crippen MR) is 106 cm³/mol. The maximum absolute atomic E-state index is 13.1. The summed E-state index contributed by atoms with van der Waals surface area (Å²) >= 11 is 7.84. The molecule has 0 unspecified atom stereocenters. The number of hydrogen-bond acceptors (Lipinski definition) is 5. The third kappa shape index (κ3) is 3.60. The van der Waals surface area contributed by atoms with Crippen LogP contribution in [0.2, 0.25) is 5.02 Å². The van der Waals surface area contributed by atoms with Crippen LogP contribution in [0.15, 0.2) is 12.1 Å². The van der Waals surface area contributed by atoms with Crippen LogP contribution in [0.25, 0.3) is 10.2 Å². The Hall–Kier alpha value is -1.21. The van der Waals surface area contributed by atoms with Crippen LogP contribution < -0.4 is 4.90 Å².